The Bertz CT molecular complexity index is 171. The van der Waals surface area contributed by atoms with Gasteiger partial charge in [-0.25, -0.2) is 4.79 Å². The molecule has 0 aromatic carbocycles. The molecule has 0 spiro atoms. The van der Waals surface area contributed by atoms with Crippen LogP contribution in [-0.4, -0.2) is 11.2 Å². The van der Waals surface area contributed by atoms with Crippen LogP contribution in [0.2, 0.25) is 0 Å². The lowest BCUT2D eigenvalue weighted by Crippen LogP contribution is -2.29. The molecule has 76 valence electrons. The predicted octanol–water partition coefficient (Wildman–Crippen LogP) is 2.75. The van der Waals surface area contributed by atoms with Crippen molar-refractivity contribution in [1.82, 2.24) is 0 Å². The van der Waals surface area contributed by atoms with Crippen molar-refractivity contribution in [2.45, 2.75) is 51.9 Å². The van der Waals surface area contributed by atoms with E-state index in [-0.39, 0.29) is 5.41 Å². The summed E-state index contributed by atoms with van der Waals surface area (Å²) in [6.07, 6.45) is 6.91. The molecule has 1 fully saturated rings. The van der Waals surface area contributed by atoms with E-state index >= 15 is 0 Å². The normalized spacial score (nSPS) is 20.2. The highest BCUT2D eigenvalue weighted by molar-refractivity contribution is 5.76. The van der Waals surface area contributed by atoms with E-state index in [1.165, 1.54) is 0 Å². The van der Waals surface area contributed by atoms with Crippen LogP contribution in [-0.2, 0) is 9.68 Å². The summed E-state index contributed by atoms with van der Waals surface area (Å²) < 4.78 is 0. The minimum absolute atomic E-state index is 0.356. The summed E-state index contributed by atoms with van der Waals surface area (Å²) in [5.41, 5.74) is -0.356. The molecule has 13 heavy (non-hydrogen) atoms. The molecule has 3 heteroatoms. The minimum atomic E-state index is -0.418. The first-order valence-electron chi connectivity index (χ1n) is 5.11. The standard InChI is InChI=1S/C10H18O3/c1-2-3-6-10(9(11)13-12)7-4-5-8-10/h12H,2-8H2,1H3. The highest BCUT2D eigenvalue weighted by Crippen LogP contribution is 2.43. The van der Waals surface area contributed by atoms with Gasteiger partial charge in [0.15, 0.2) is 0 Å². The zero-order chi connectivity index (χ0) is 9.73. The van der Waals surface area contributed by atoms with Gasteiger partial charge >= 0.3 is 5.97 Å². The Kier molecular flexibility index (Phi) is 3.72. The second-order valence-electron chi connectivity index (χ2n) is 3.97. The van der Waals surface area contributed by atoms with Crippen LogP contribution in [0.4, 0.5) is 0 Å². The SMILES string of the molecule is CCCCC1(C(=O)OO)CCCC1. The fourth-order valence-electron chi connectivity index (χ4n) is 2.22. The zero-order valence-electron chi connectivity index (χ0n) is 8.21. The van der Waals surface area contributed by atoms with E-state index in [1.54, 1.807) is 0 Å². The van der Waals surface area contributed by atoms with Gasteiger partial charge in [-0.05, 0) is 19.3 Å². The predicted molar refractivity (Wildman–Crippen MR) is 49.1 cm³/mol. The summed E-state index contributed by atoms with van der Waals surface area (Å²) in [6, 6.07) is 0. The summed E-state index contributed by atoms with van der Waals surface area (Å²) in [4.78, 5) is 15.3. The molecule has 0 unspecified atom stereocenters. The number of hydrogen-bond donors (Lipinski definition) is 1. The molecule has 1 N–H and O–H groups in total. The van der Waals surface area contributed by atoms with Gasteiger partial charge < -0.3 is 4.89 Å². The van der Waals surface area contributed by atoms with Gasteiger partial charge in [0.1, 0.15) is 0 Å². The maximum Gasteiger partial charge on any atom is 0.348 e. The molecule has 0 radical (unpaired) electrons. The monoisotopic (exact) mass is 186 g/mol. The highest BCUT2D eigenvalue weighted by atomic mass is 17.1. The van der Waals surface area contributed by atoms with Crippen LogP contribution in [0, 0.1) is 5.41 Å². The lowest BCUT2D eigenvalue weighted by molar-refractivity contribution is -0.245. The van der Waals surface area contributed by atoms with Crippen LogP contribution in [0.1, 0.15) is 51.9 Å². The highest BCUT2D eigenvalue weighted by Gasteiger charge is 2.42. The first-order chi connectivity index (χ1) is 6.25. The van der Waals surface area contributed by atoms with Crippen LogP contribution in [0.25, 0.3) is 0 Å². The smallest absolute Gasteiger partial charge is 0.300 e. The largest absolute Gasteiger partial charge is 0.348 e. The quantitative estimate of drug-likeness (QED) is 0.542. The van der Waals surface area contributed by atoms with E-state index < -0.39 is 5.97 Å². The third kappa shape index (κ3) is 2.21. The number of carbonyl (C=O) groups excluding carboxylic acids is 1. The molecule has 0 aliphatic heterocycles. The maximum atomic E-state index is 11.4. The van der Waals surface area contributed by atoms with E-state index in [0.717, 1.165) is 44.9 Å². The second-order valence-corrected chi connectivity index (χ2v) is 3.97. The Morgan fingerprint density at radius 3 is 2.54 bits per heavy atom. The van der Waals surface area contributed by atoms with E-state index in [9.17, 15) is 4.79 Å². The van der Waals surface area contributed by atoms with Gasteiger partial charge in [0.05, 0.1) is 5.41 Å². The first-order valence-corrected chi connectivity index (χ1v) is 5.11. The van der Waals surface area contributed by atoms with Crippen LogP contribution in [0.5, 0.6) is 0 Å². The van der Waals surface area contributed by atoms with Crippen molar-refractivity contribution >= 4 is 5.97 Å². The summed E-state index contributed by atoms with van der Waals surface area (Å²) in [5.74, 6) is -0.418. The third-order valence-corrected chi connectivity index (χ3v) is 3.09. The average Bonchev–Trinajstić information content (AvgIpc) is 2.63. The summed E-state index contributed by atoms with van der Waals surface area (Å²) in [5, 5.41) is 8.41. The number of unbranched alkanes of at least 4 members (excludes halogenated alkanes) is 1. The van der Waals surface area contributed by atoms with Gasteiger partial charge in [0, 0.05) is 0 Å². The molecule has 0 bridgehead atoms. The summed E-state index contributed by atoms with van der Waals surface area (Å²) in [6.45, 7) is 2.10. The van der Waals surface area contributed by atoms with Gasteiger partial charge in [-0.2, -0.15) is 5.26 Å². The Morgan fingerprint density at radius 1 is 1.46 bits per heavy atom. The molecular formula is C10H18O3. The fraction of sp³-hybridized carbons (Fsp3) is 0.900. The first kappa shape index (κ1) is 10.5. The second kappa shape index (κ2) is 4.61. The molecular weight excluding hydrogens is 168 g/mol. The number of rotatable bonds is 4. The van der Waals surface area contributed by atoms with E-state index in [1.807, 2.05) is 0 Å². The molecule has 0 heterocycles. The number of carbonyl (C=O) groups is 1. The Labute approximate surface area is 79.0 Å². The van der Waals surface area contributed by atoms with Crippen molar-refractivity contribution < 1.29 is 14.9 Å². The van der Waals surface area contributed by atoms with E-state index in [4.69, 9.17) is 5.26 Å². The molecule has 1 rings (SSSR count). The molecule has 0 amide bonds. The van der Waals surface area contributed by atoms with Gasteiger partial charge in [-0.3, -0.25) is 0 Å². The van der Waals surface area contributed by atoms with Gasteiger partial charge in [-0.15, -0.1) is 0 Å². The van der Waals surface area contributed by atoms with Crippen molar-refractivity contribution in [3.05, 3.63) is 0 Å². The molecule has 1 saturated carbocycles. The van der Waals surface area contributed by atoms with Gasteiger partial charge in [0.2, 0.25) is 0 Å². The van der Waals surface area contributed by atoms with E-state index in [2.05, 4.69) is 11.8 Å². The van der Waals surface area contributed by atoms with Crippen molar-refractivity contribution in [2.75, 3.05) is 0 Å². The van der Waals surface area contributed by atoms with E-state index in [0.29, 0.717) is 0 Å². The summed E-state index contributed by atoms with van der Waals surface area (Å²) >= 11 is 0. The number of hydrogen-bond acceptors (Lipinski definition) is 3. The lowest BCUT2D eigenvalue weighted by atomic mass is 9.81. The topological polar surface area (TPSA) is 46.5 Å². The lowest BCUT2D eigenvalue weighted by Gasteiger charge is -2.23. The zero-order valence-corrected chi connectivity index (χ0v) is 8.21. The van der Waals surface area contributed by atoms with Gasteiger partial charge in [0.25, 0.3) is 0 Å². The minimum Gasteiger partial charge on any atom is -0.300 e. The third-order valence-electron chi connectivity index (χ3n) is 3.09. The Morgan fingerprint density at radius 2 is 2.08 bits per heavy atom. The van der Waals surface area contributed by atoms with Crippen LogP contribution < -0.4 is 0 Å². The van der Waals surface area contributed by atoms with Gasteiger partial charge in [-0.1, -0.05) is 32.6 Å². The Balaban J connectivity index is 2.57. The maximum absolute atomic E-state index is 11.4. The van der Waals surface area contributed by atoms with Crippen LogP contribution in [0.15, 0.2) is 0 Å². The van der Waals surface area contributed by atoms with Crippen LogP contribution in [0.3, 0.4) is 0 Å². The van der Waals surface area contributed by atoms with Crippen molar-refractivity contribution in [2.24, 2.45) is 5.41 Å². The molecule has 0 aromatic rings. The molecule has 1 aliphatic carbocycles. The van der Waals surface area contributed by atoms with Crippen molar-refractivity contribution in [3.63, 3.8) is 0 Å². The molecule has 0 aromatic heterocycles. The molecule has 1 aliphatic rings. The molecule has 0 atom stereocenters. The molecule has 3 nitrogen and oxygen atoms in total. The van der Waals surface area contributed by atoms with Crippen LogP contribution >= 0.6 is 0 Å². The average molecular weight is 186 g/mol. The summed E-state index contributed by atoms with van der Waals surface area (Å²) in [7, 11) is 0. The fourth-order valence-corrected chi connectivity index (χ4v) is 2.22. The Hall–Kier alpha value is -0.570. The van der Waals surface area contributed by atoms with Crippen molar-refractivity contribution in [1.29, 1.82) is 0 Å². The van der Waals surface area contributed by atoms with Crippen molar-refractivity contribution in [3.8, 4) is 0 Å². The molecule has 0 saturated heterocycles.